The second-order valence-electron chi connectivity index (χ2n) is 10.6. The summed E-state index contributed by atoms with van der Waals surface area (Å²) in [6.07, 6.45) is 3.75. The van der Waals surface area contributed by atoms with Crippen LogP contribution in [0.15, 0.2) is 47.7 Å². The van der Waals surface area contributed by atoms with Crippen LogP contribution in [-0.4, -0.2) is 54.7 Å². The van der Waals surface area contributed by atoms with E-state index in [-0.39, 0.29) is 36.1 Å². The normalized spacial score (nSPS) is 23.2. The fourth-order valence-corrected chi connectivity index (χ4v) is 7.40. The molecule has 2 aliphatic carbocycles. The molecule has 2 saturated carbocycles. The molecule has 10 heteroatoms. The van der Waals surface area contributed by atoms with Gasteiger partial charge < -0.3 is 19.5 Å². The van der Waals surface area contributed by atoms with Crippen molar-refractivity contribution < 1.29 is 19.4 Å². The SMILES string of the molecule is COC(=O)c1ccc2nc(N3CC4C[C@H](OC/C(C(=N)c5c(Cl)cccc5Cl)=C(/O)C5CC5)C[C@H]4C3)sc2c1. The average molecular weight is 587 g/mol. The molecule has 3 fully saturated rings. The summed E-state index contributed by atoms with van der Waals surface area (Å²) in [5.74, 6) is 0.956. The maximum atomic E-state index is 11.9. The van der Waals surface area contributed by atoms with Gasteiger partial charge in [0.15, 0.2) is 5.13 Å². The number of methoxy groups -OCH3 is 1. The number of aliphatic hydroxyl groups excluding tert-OH is 1. The minimum absolute atomic E-state index is 0.0663. The highest BCUT2D eigenvalue weighted by atomic mass is 35.5. The molecular weight excluding hydrogens is 557 g/mol. The van der Waals surface area contributed by atoms with Gasteiger partial charge in [-0.15, -0.1) is 0 Å². The van der Waals surface area contributed by atoms with Crippen LogP contribution in [0.4, 0.5) is 5.13 Å². The number of hydrogen-bond donors (Lipinski definition) is 2. The number of carbonyl (C=O) groups excluding carboxylic acids is 1. The highest BCUT2D eigenvalue weighted by Crippen LogP contribution is 2.43. The Balaban J connectivity index is 1.10. The highest BCUT2D eigenvalue weighted by Gasteiger charge is 2.42. The third kappa shape index (κ3) is 5.27. The predicted octanol–water partition coefficient (Wildman–Crippen LogP) is 6.91. The molecule has 0 amide bonds. The molecule has 7 nitrogen and oxygen atoms in total. The molecule has 2 heterocycles. The summed E-state index contributed by atoms with van der Waals surface area (Å²) in [4.78, 5) is 19.0. The van der Waals surface area contributed by atoms with E-state index in [9.17, 15) is 9.90 Å². The number of nitrogens with zero attached hydrogens (tertiary/aromatic N) is 2. The van der Waals surface area contributed by atoms with Crippen LogP contribution >= 0.6 is 34.5 Å². The number of carbonyl (C=O) groups is 1. The third-order valence-corrected chi connectivity index (χ3v) is 9.74. The summed E-state index contributed by atoms with van der Waals surface area (Å²) in [6, 6.07) is 10.6. The highest BCUT2D eigenvalue weighted by molar-refractivity contribution is 7.22. The fraction of sp³-hybridized carbons (Fsp3) is 0.414. The number of aromatic nitrogens is 1. The Bertz CT molecular complexity index is 1450. The maximum Gasteiger partial charge on any atom is 0.337 e. The number of fused-ring (bicyclic) bond motifs is 2. The lowest BCUT2D eigenvalue weighted by atomic mass is 10.00. The van der Waals surface area contributed by atoms with Gasteiger partial charge in [0, 0.05) is 30.1 Å². The number of rotatable bonds is 8. The molecule has 0 radical (unpaired) electrons. The number of aliphatic hydroxyl groups is 1. The summed E-state index contributed by atoms with van der Waals surface area (Å²) in [6.45, 7) is 1.99. The molecule has 204 valence electrons. The lowest BCUT2D eigenvalue weighted by Crippen LogP contribution is -2.24. The van der Waals surface area contributed by atoms with Crippen molar-refractivity contribution in [3.8, 4) is 0 Å². The minimum Gasteiger partial charge on any atom is -0.512 e. The molecule has 2 aromatic carbocycles. The van der Waals surface area contributed by atoms with E-state index in [1.807, 2.05) is 12.1 Å². The van der Waals surface area contributed by atoms with Gasteiger partial charge in [-0.2, -0.15) is 0 Å². The lowest BCUT2D eigenvalue weighted by molar-refractivity contribution is 0.0600. The molecule has 2 N–H and O–H groups in total. The molecule has 1 unspecified atom stereocenters. The van der Waals surface area contributed by atoms with Gasteiger partial charge >= 0.3 is 5.97 Å². The number of ether oxygens (including phenoxy) is 2. The second kappa shape index (κ2) is 10.7. The van der Waals surface area contributed by atoms with E-state index in [2.05, 4.69) is 4.90 Å². The number of esters is 1. The first kappa shape index (κ1) is 26.6. The van der Waals surface area contributed by atoms with E-state index in [1.165, 1.54) is 7.11 Å². The quantitative estimate of drug-likeness (QED) is 0.169. The zero-order chi connectivity index (χ0) is 27.3. The fourth-order valence-electron chi connectivity index (χ4n) is 5.80. The number of halogens is 2. The van der Waals surface area contributed by atoms with Crippen molar-refractivity contribution in [2.75, 3.05) is 31.7 Å². The van der Waals surface area contributed by atoms with Crippen LogP contribution in [-0.2, 0) is 9.47 Å². The van der Waals surface area contributed by atoms with E-state index in [0.717, 1.165) is 54.1 Å². The topological polar surface area (TPSA) is 95.7 Å². The van der Waals surface area contributed by atoms with Crippen LogP contribution in [0.3, 0.4) is 0 Å². The van der Waals surface area contributed by atoms with Gasteiger partial charge in [0.1, 0.15) is 5.76 Å². The number of nitrogens with one attached hydrogen (secondary N) is 1. The molecular formula is C29H29Cl2N3O4S. The van der Waals surface area contributed by atoms with Crippen molar-refractivity contribution in [3.63, 3.8) is 0 Å². The van der Waals surface area contributed by atoms with E-state index >= 15 is 0 Å². The van der Waals surface area contributed by atoms with E-state index in [0.29, 0.717) is 38.6 Å². The van der Waals surface area contributed by atoms with Crippen LogP contribution in [0.25, 0.3) is 10.2 Å². The van der Waals surface area contributed by atoms with Gasteiger partial charge in [0.2, 0.25) is 0 Å². The number of thiazole rings is 1. The Hall–Kier alpha value is -2.65. The molecule has 0 bridgehead atoms. The Labute approximate surface area is 240 Å². The van der Waals surface area contributed by atoms with Crippen LogP contribution in [0.2, 0.25) is 10.0 Å². The van der Waals surface area contributed by atoms with Crippen molar-refractivity contribution in [2.45, 2.75) is 31.8 Å². The van der Waals surface area contributed by atoms with Gasteiger partial charge in [-0.05, 0) is 67.9 Å². The van der Waals surface area contributed by atoms with Crippen molar-refractivity contribution >= 4 is 61.6 Å². The Morgan fingerprint density at radius 1 is 1.15 bits per heavy atom. The number of benzene rings is 2. The summed E-state index contributed by atoms with van der Waals surface area (Å²) < 4.78 is 12.2. The maximum absolute atomic E-state index is 11.9. The molecule has 39 heavy (non-hydrogen) atoms. The molecule has 0 spiro atoms. The number of hydrogen-bond acceptors (Lipinski definition) is 8. The van der Waals surface area contributed by atoms with Crippen molar-refractivity contribution in [3.05, 3.63) is 68.9 Å². The van der Waals surface area contributed by atoms with Gasteiger partial charge in [-0.1, -0.05) is 40.6 Å². The van der Waals surface area contributed by atoms with E-state index < -0.39 is 0 Å². The monoisotopic (exact) mass is 585 g/mol. The van der Waals surface area contributed by atoms with Crippen molar-refractivity contribution in [2.24, 2.45) is 17.8 Å². The minimum atomic E-state index is -0.345. The Morgan fingerprint density at radius 3 is 2.49 bits per heavy atom. The summed E-state index contributed by atoms with van der Waals surface area (Å²) in [7, 11) is 1.39. The van der Waals surface area contributed by atoms with Crippen molar-refractivity contribution in [1.29, 1.82) is 5.41 Å². The molecule has 3 aliphatic rings. The zero-order valence-electron chi connectivity index (χ0n) is 21.5. The first-order chi connectivity index (χ1) is 18.8. The first-order valence-corrected chi connectivity index (χ1v) is 14.7. The molecule has 1 aliphatic heterocycles. The molecule has 3 atom stereocenters. The molecule has 3 aromatic rings. The smallest absolute Gasteiger partial charge is 0.337 e. The van der Waals surface area contributed by atoms with Gasteiger partial charge in [0.25, 0.3) is 0 Å². The third-order valence-electron chi connectivity index (χ3n) is 8.03. The predicted molar refractivity (Wildman–Crippen MR) is 155 cm³/mol. The zero-order valence-corrected chi connectivity index (χ0v) is 23.8. The van der Waals surface area contributed by atoms with Crippen LogP contribution < -0.4 is 4.90 Å². The number of anilines is 1. The van der Waals surface area contributed by atoms with Crippen molar-refractivity contribution in [1.82, 2.24) is 4.98 Å². The van der Waals surface area contributed by atoms with E-state index in [1.54, 1.807) is 35.6 Å². The first-order valence-electron chi connectivity index (χ1n) is 13.1. The standard InChI is InChI=1S/C29H29Cl2N3O4S/c1-37-28(36)16-7-8-23-24(11-16)39-29(33-23)34-12-17-9-19(10-18(17)13-34)38-14-20(27(35)15-5-6-15)26(32)25-21(30)3-2-4-22(25)31/h2-4,7-8,11,15,17-19,32,35H,5-6,9-10,12-14H2,1H3/b27-20-,32-26?/t17-,18?,19+/m0/s1. The van der Waals surface area contributed by atoms with Gasteiger partial charge in [-0.3, -0.25) is 5.41 Å². The van der Waals surface area contributed by atoms with Gasteiger partial charge in [0.05, 0.1) is 51.4 Å². The molecule has 1 saturated heterocycles. The molecule has 1 aromatic heterocycles. The van der Waals surface area contributed by atoms with Gasteiger partial charge in [-0.25, -0.2) is 9.78 Å². The largest absolute Gasteiger partial charge is 0.512 e. The summed E-state index contributed by atoms with van der Waals surface area (Å²) in [5, 5.41) is 21.5. The average Bonchev–Trinajstić information content (AvgIpc) is 3.39. The van der Waals surface area contributed by atoms with Crippen LogP contribution in [0.5, 0.6) is 0 Å². The number of allylic oxidation sites excluding steroid dienone is 1. The molecule has 6 rings (SSSR count). The summed E-state index contributed by atoms with van der Waals surface area (Å²) in [5.41, 5.74) is 2.46. The van der Waals surface area contributed by atoms with Crippen LogP contribution in [0.1, 0.15) is 41.6 Å². The van der Waals surface area contributed by atoms with Crippen LogP contribution in [0, 0.1) is 23.2 Å². The second-order valence-corrected chi connectivity index (χ2v) is 12.4. The van der Waals surface area contributed by atoms with E-state index in [4.69, 9.17) is 43.1 Å². The Morgan fingerprint density at radius 2 is 1.85 bits per heavy atom. The summed E-state index contributed by atoms with van der Waals surface area (Å²) >= 11 is 14.4. The lowest BCUT2D eigenvalue weighted by Gasteiger charge is -2.20. The Kier molecular flexibility index (Phi) is 7.31.